The second-order valence-electron chi connectivity index (χ2n) is 5.43. The van der Waals surface area contributed by atoms with E-state index in [1.165, 1.54) is 15.9 Å². The number of hydrogen-bond donors (Lipinski definition) is 1. The molecule has 0 spiro atoms. The third-order valence-corrected chi connectivity index (χ3v) is 6.17. The molecular formula is C20H19OP. The van der Waals surface area contributed by atoms with E-state index in [4.69, 9.17) is 0 Å². The highest BCUT2D eigenvalue weighted by Crippen LogP contribution is 2.35. The highest BCUT2D eigenvalue weighted by Gasteiger charge is 2.17. The second kappa shape index (κ2) is 6.34. The molecule has 0 atom stereocenters. The van der Waals surface area contributed by atoms with Crippen LogP contribution in [0.15, 0.2) is 72.8 Å². The van der Waals surface area contributed by atoms with Crippen LogP contribution in [0.5, 0.6) is 5.75 Å². The zero-order chi connectivity index (χ0) is 15.5. The van der Waals surface area contributed by atoms with Gasteiger partial charge in [-0.2, -0.15) is 0 Å². The molecule has 3 aromatic rings. The lowest BCUT2D eigenvalue weighted by Crippen LogP contribution is -2.21. The van der Waals surface area contributed by atoms with Gasteiger partial charge in [-0.1, -0.05) is 60.7 Å². The Kier molecular flexibility index (Phi) is 4.27. The molecule has 0 fully saturated rings. The lowest BCUT2D eigenvalue weighted by molar-refractivity contribution is 0.467. The van der Waals surface area contributed by atoms with Crippen LogP contribution in [0.3, 0.4) is 0 Å². The van der Waals surface area contributed by atoms with Gasteiger partial charge < -0.3 is 5.11 Å². The maximum absolute atomic E-state index is 10.1. The molecule has 0 radical (unpaired) electrons. The van der Waals surface area contributed by atoms with Crippen molar-refractivity contribution >= 4 is 23.8 Å². The molecule has 1 nitrogen and oxygen atoms in total. The van der Waals surface area contributed by atoms with Crippen LogP contribution >= 0.6 is 7.92 Å². The first-order valence-electron chi connectivity index (χ1n) is 7.37. The summed E-state index contributed by atoms with van der Waals surface area (Å²) in [5, 5.41) is 14.0. The van der Waals surface area contributed by atoms with E-state index in [1.807, 2.05) is 13.8 Å². The van der Waals surface area contributed by atoms with Gasteiger partial charge in [-0.3, -0.25) is 0 Å². The first kappa shape index (κ1) is 14.8. The van der Waals surface area contributed by atoms with Gasteiger partial charge in [0, 0.05) is 0 Å². The maximum atomic E-state index is 10.1. The van der Waals surface area contributed by atoms with Gasteiger partial charge in [-0.25, -0.2) is 0 Å². The van der Waals surface area contributed by atoms with Crippen molar-refractivity contribution in [2.75, 3.05) is 0 Å². The summed E-state index contributed by atoms with van der Waals surface area (Å²) in [6.45, 7) is 3.94. The fourth-order valence-corrected chi connectivity index (χ4v) is 5.14. The lowest BCUT2D eigenvalue weighted by atomic mass is 10.1. The molecule has 0 amide bonds. The van der Waals surface area contributed by atoms with E-state index in [9.17, 15) is 5.11 Å². The minimum absolute atomic E-state index is 0.403. The topological polar surface area (TPSA) is 20.2 Å². The molecule has 0 aromatic heterocycles. The van der Waals surface area contributed by atoms with Crippen LogP contribution in [0, 0.1) is 13.8 Å². The molecule has 110 valence electrons. The summed E-state index contributed by atoms with van der Waals surface area (Å²) in [4.78, 5) is 0. The van der Waals surface area contributed by atoms with Crippen molar-refractivity contribution in [1.82, 2.24) is 0 Å². The van der Waals surface area contributed by atoms with Crippen molar-refractivity contribution in [3.05, 3.63) is 83.9 Å². The van der Waals surface area contributed by atoms with Gasteiger partial charge in [0.2, 0.25) is 0 Å². The summed E-state index contributed by atoms with van der Waals surface area (Å²) in [5.41, 5.74) is 1.88. The quantitative estimate of drug-likeness (QED) is 0.730. The maximum Gasteiger partial charge on any atom is 0.121 e. The first-order chi connectivity index (χ1) is 10.7. The second-order valence-corrected chi connectivity index (χ2v) is 7.65. The van der Waals surface area contributed by atoms with E-state index < -0.39 is 7.92 Å². The number of hydrogen-bond acceptors (Lipinski definition) is 1. The zero-order valence-corrected chi connectivity index (χ0v) is 13.7. The van der Waals surface area contributed by atoms with Gasteiger partial charge in [0.15, 0.2) is 0 Å². The van der Waals surface area contributed by atoms with E-state index in [0.717, 1.165) is 11.1 Å². The Labute approximate surface area is 133 Å². The standard InChI is InChI=1S/C20H19OP/c1-15-13-19(14-16(2)20(15)21)22(17-9-5-3-6-10-17)18-11-7-4-8-12-18/h3-14,21H,1-2H3. The zero-order valence-electron chi connectivity index (χ0n) is 12.8. The van der Waals surface area contributed by atoms with Gasteiger partial charge in [0.1, 0.15) is 5.75 Å². The van der Waals surface area contributed by atoms with Crippen LogP contribution < -0.4 is 15.9 Å². The number of benzene rings is 3. The summed E-state index contributed by atoms with van der Waals surface area (Å²) in [7, 11) is -0.602. The number of phenols is 1. The van der Waals surface area contributed by atoms with Crippen molar-refractivity contribution in [3.8, 4) is 5.75 Å². The molecular weight excluding hydrogens is 287 g/mol. The van der Waals surface area contributed by atoms with Crippen LogP contribution in [-0.4, -0.2) is 5.11 Å². The van der Waals surface area contributed by atoms with Crippen molar-refractivity contribution in [2.45, 2.75) is 13.8 Å². The molecule has 22 heavy (non-hydrogen) atoms. The molecule has 0 aliphatic carbocycles. The van der Waals surface area contributed by atoms with Crippen molar-refractivity contribution < 1.29 is 5.11 Å². The summed E-state index contributed by atoms with van der Waals surface area (Å²) in [6, 6.07) is 25.5. The average Bonchev–Trinajstić information content (AvgIpc) is 2.55. The van der Waals surface area contributed by atoms with Crippen LogP contribution in [0.25, 0.3) is 0 Å². The normalized spacial score (nSPS) is 10.9. The average molecular weight is 306 g/mol. The van der Waals surface area contributed by atoms with E-state index in [1.54, 1.807) is 0 Å². The monoisotopic (exact) mass is 306 g/mol. The minimum atomic E-state index is -0.602. The van der Waals surface area contributed by atoms with Crippen LogP contribution in [-0.2, 0) is 0 Å². The number of aromatic hydroxyl groups is 1. The molecule has 3 rings (SSSR count). The van der Waals surface area contributed by atoms with Crippen molar-refractivity contribution in [3.63, 3.8) is 0 Å². The fraction of sp³-hybridized carbons (Fsp3) is 0.100. The van der Waals surface area contributed by atoms with E-state index in [2.05, 4.69) is 72.8 Å². The lowest BCUT2D eigenvalue weighted by Gasteiger charge is -2.20. The van der Waals surface area contributed by atoms with E-state index in [0.29, 0.717) is 5.75 Å². The van der Waals surface area contributed by atoms with Crippen LogP contribution in [0.4, 0.5) is 0 Å². The summed E-state index contributed by atoms with van der Waals surface area (Å²) in [5.74, 6) is 0.403. The highest BCUT2D eigenvalue weighted by atomic mass is 31.1. The smallest absolute Gasteiger partial charge is 0.121 e. The first-order valence-corrected chi connectivity index (χ1v) is 8.71. The van der Waals surface area contributed by atoms with E-state index in [-0.39, 0.29) is 0 Å². The summed E-state index contributed by atoms with van der Waals surface area (Å²) < 4.78 is 0. The van der Waals surface area contributed by atoms with Gasteiger partial charge in [0.25, 0.3) is 0 Å². The fourth-order valence-electron chi connectivity index (χ4n) is 2.66. The SMILES string of the molecule is Cc1cc(P(c2ccccc2)c2ccccc2)cc(C)c1O. The third-order valence-electron chi connectivity index (χ3n) is 3.76. The molecule has 1 N–H and O–H groups in total. The molecule has 0 bridgehead atoms. The van der Waals surface area contributed by atoms with E-state index >= 15 is 0 Å². The molecule has 0 aliphatic heterocycles. The largest absolute Gasteiger partial charge is 0.507 e. The predicted octanol–water partition coefficient (Wildman–Crippen LogP) is 3.77. The van der Waals surface area contributed by atoms with Crippen LogP contribution in [0.2, 0.25) is 0 Å². The van der Waals surface area contributed by atoms with Gasteiger partial charge in [-0.15, -0.1) is 0 Å². The van der Waals surface area contributed by atoms with Crippen molar-refractivity contribution in [1.29, 1.82) is 0 Å². The molecule has 0 saturated carbocycles. The summed E-state index contributed by atoms with van der Waals surface area (Å²) >= 11 is 0. The Morgan fingerprint density at radius 3 is 1.45 bits per heavy atom. The predicted molar refractivity (Wildman–Crippen MR) is 96.3 cm³/mol. The highest BCUT2D eigenvalue weighted by molar-refractivity contribution is 7.79. The van der Waals surface area contributed by atoms with Gasteiger partial charge >= 0.3 is 0 Å². The van der Waals surface area contributed by atoms with Gasteiger partial charge in [0.05, 0.1) is 0 Å². The molecule has 0 saturated heterocycles. The number of aryl methyl sites for hydroxylation is 2. The minimum Gasteiger partial charge on any atom is -0.507 e. The Bertz CT molecular complexity index is 704. The van der Waals surface area contributed by atoms with Gasteiger partial charge in [-0.05, 0) is 60.9 Å². The molecule has 3 aromatic carbocycles. The number of phenolic OH excluding ortho intramolecular Hbond substituents is 1. The molecule has 2 heteroatoms. The van der Waals surface area contributed by atoms with Crippen LogP contribution in [0.1, 0.15) is 11.1 Å². The molecule has 0 unspecified atom stereocenters. The Hall–Kier alpha value is -2.11. The Balaban J connectivity index is 2.19. The molecule has 0 heterocycles. The number of rotatable bonds is 3. The van der Waals surface area contributed by atoms with Crippen molar-refractivity contribution in [2.24, 2.45) is 0 Å². The Morgan fingerprint density at radius 1 is 0.636 bits per heavy atom. The third kappa shape index (κ3) is 2.91. The Morgan fingerprint density at radius 2 is 1.05 bits per heavy atom. The summed E-state index contributed by atoms with van der Waals surface area (Å²) in [6.07, 6.45) is 0. The molecule has 0 aliphatic rings.